The summed E-state index contributed by atoms with van der Waals surface area (Å²) in [6, 6.07) is 0. The summed E-state index contributed by atoms with van der Waals surface area (Å²) in [6.45, 7) is 3.66. The average Bonchev–Trinajstić information content (AvgIpc) is 2.09. The normalized spacial score (nSPS) is 22.7. The van der Waals surface area contributed by atoms with Gasteiger partial charge in [-0.05, 0) is 38.2 Å². The van der Waals surface area contributed by atoms with Crippen LogP contribution in [0, 0.1) is 5.92 Å². The largest absolute Gasteiger partial charge is 0.295 e. The molecule has 0 saturated carbocycles. The third-order valence-corrected chi connectivity index (χ3v) is 2.33. The molecule has 66 valence electrons. The van der Waals surface area contributed by atoms with Gasteiger partial charge < -0.3 is 0 Å². The standard InChI is InChI=1S/C11H16O/c1-2-3-4-7-10-8-5-6-9-11(10)12/h2,6,9-10H,1,3-5,7-8H2. The van der Waals surface area contributed by atoms with Gasteiger partial charge in [-0.3, -0.25) is 4.79 Å². The molecule has 0 fully saturated rings. The van der Waals surface area contributed by atoms with Crippen molar-refractivity contribution in [1.82, 2.24) is 0 Å². The molecule has 1 rings (SSSR count). The Labute approximate surface area is 74.2 Å². The van der Waals surface area contributed by atoms with Crippen molar-refractivity contribution in [3.8, 4) is 0 Å². The lowest BCUT2D eigenvalue weighted by Gasteiger charge is -2.15. The number of rotatable bonds is 4. The summed E-state index contributed by atoms with van der Waals surface area (Å²) in [6.07, 6.45) is 10.9. The van der Waals surface area contributed by atoms with Crippen LogP contribution in [-0.4, -0.2) is 5.78 Å². The number of ketones is 1. The zero-order valence-corrected chi connectivity index (χ0v) is 7.46. The first-order valence-electron chi connectivity index (χ1n) is 4.66. The van der Waals surface area contributed by atoms with Gasteiger partial charge in [0.2, 0.25) is 0 Å². The molecular weight excluding hydrogens is 148 g/mol. The van der Waals surface area contributed by atoms with Gasteiger partial charge in [0, 0.05) is 5.92 Å². The highest BCUT2D eigenvalue weighted by Crippen LogP contribution is 2.20. The highest BCUT2D eigenvalue weighted by Gasteiger charge is 2.17. The summed E-state index contributed by atoms with van der Waals surface area (Å²) < 4.78 is 0. The van der Waals surface area contributed by atoms with Crippen LogP contribution in [0.4, 0.5) is 0 Å². The maximum Gasteiger partial charge on any atom is 0.158 e. The van der Waals surface area contributed by atoms with Crippen LogP contribution < -0.4 is 0 Å². The van der Waals surface area contributed by atoms with E-state index in [9.17, 15) is 4.79 Å². The van der Waals surface area contributed by atoms with Gasteiger partial charge in [-0.25, -0.2) is 0 Å². The summed E-state index contributed by atoms with van der Waals surface area (Å²) >= 11 is 0. The van der Waals surface area contributed by atoms with Crippen molar-refractivity contribution in [2.24, 2.45) is 5.92 Å². The quantitative estimate of drug-likeness (QED) is 0.461. The monoisotopic (exact) mass is 164 g/mol. The first kappa shape index (κ1) is 9.24. The minimum absolute atomic E-state index is 0.301. The van der Waals surface area contributed by atoms with E-state index in [2.05, 4.69) is 6.58 Å². The highest BCUT2D eigenvalue weighted by atomic mass is 16.1. The molecule has 1 nitrogen and oxygen atoms in total. The molecule has 0 amide bonds. The molecule has 0 saturated heterocycles. The minimum Gasteiger partial charge on any atom is -0.295 e. The van der Waals surface area contributed by atoms with E-state index in [1.165, 1.54) is 0 Å². The van der Waals surface area contributed by atoms with Gasteiger partial charge in [0.25, 0.3) is 0 Å². The van der Waals surface area contributed by atoms with Gasteiger partial charge >= 0.3 is 0 Å². The maximum absolute atomic E-state index is 11.3. The lowest BCUT2D eigenvalue weighted by molar-refractivity contribution is -0.119. The second kappa shape index (κ2) is 4.91. The second-order valence-corrected chi connectivity index (χ2v) is 3.30. The molecule has 0 aromatic heterocycles. The van der Waals surface area contributed by atoms with Crippen LogP contribution in [0.25, 0.3) is 0 Å². The fourth-order valence-corrected chi connectivity index (χ4v) is 1.57. The Morgan fingerprint density at radius 1 is 1.67 bits per heavy atom. The summed E-state index contributed by atoms with van der Waals surface area (Å²) in [4.78, 5) is 11.3. The predicted octanol–water partition coefficient (Wildman–Crippen LogP) is 2.88. The van der Waals surface area contributed by atoms with E-state index in [0.717, 1.165) is 32.1 Å². The maximum atomic E-state index is 11.3. The van der Waals surface area contributed by atoms with Crippen LogP contribution in [0.1, 0.15) is 32.1 Å². The van der Waals surface area contributed by atoms with E-state index >= 15 is 0 Å². The molecule has 0 aliphatic heterocycles. The van der Waals surface area contributed by atoms with Crippen LogP contribution in [0.2, 0.25) is 0 Å². The fraction of sp³-hybridized carbons (Fsp3) is 0.545. The van der Waals surface area contributed by atoms with Gasteiger partial charge in [0.15, 0.2) is 5.78 Å². The van der Waals surface area contributed by atoms with Gasteiger partial charge in [0.05, 0.1) is 0 Å². The third kappa shape index (κ3) is 2.65. The number of hydrogen-bond donors (Lipinski definition) is 0. The Morgan fingerprint density at radius 3 is 3.17 bits per heavy atom. The number of hydrogen-bond acceptors (Lipinski definition) is 1. The fourth-order valence-electron chi connectivity index (χ4n) is 1.57. The van der Waals surface area contributed by atoms with Gasteiger partial charge in [-0.1, -0.05) is 12.2 Å². The lowest BCUT2D eigenvalue weighted by Crippen LogP contribution is -2.14. The highest BCUT2D eigenvalue weighted by molar-refractivity contribution is 5.92. The average molecular weight is 164 g/mol. The van der Waals surface area contributed by atoms with Crippen molar-refractivity contribution >= 4 is 5.78 Å². The Hall–Kier alpha value is -0.850. The van der Waals surface area contributed by atoms with Crippen molar-refractivity contribution < 1.29 is 4.79 Å². The molecule has 0 heterocycles. The molecule has 1 aliphatic carbocycles. The molecule has 0 aromatic rings. The zero-order chi connectivity index (χ0) is 8.81. The number of carbonyl (C=O) groups is 1. The van der Waals surface area contributed by atoms with E-state index in [0.29, 0.717) is 11.7 Å². The minimum atomic E-state index is 0.301. The molecule has 0 radical (unpaired) electrons. The molecule has 0 bridgehead atoms. The smallest absolute Gasteiger partial charge is 0.158 e. The molecule has 1 heteroatoms. The van der Waals surface area contributed by atoms with E-state index in [4.69, 9.17) is 0 Å². The molecule has 1 atom stereocenters. The first-order chi connectivity index (χ1) is 5.84. The lowest BCUT2D eigenvalue weighted by atomic mass is 9.89. The zero-order valence-electron chi connectivity index (χ0n) is 7.46. The molecule has 0 N–H and O–H groups in total. The summed E-state index contributed by atoms with van der Waals surface area (Å²) in [5.74, 6) is 0.625. The SMILES string of the molecule is C=CCCCC1CCC=CC1=O. The molecule has 0 spiro atoms. The molecule has 1 unspecified atom stereocenters. The first-order valence-corrected chi connectivity index (χ1v) is 4.66. The van der Waals surface area contributed by atoms with E-state index in [-0.39, 0.29) is 0 Å². The molecule has 1 aliphatic rings. The van der Waals surface area contributed by atoms with Crippen molar-refractivity contribution in [3.63, 3.8) is 0 Å². The van der Waals surface area contributed by atoms with Gasteiger partial charge in [-0.2, -0.15) is 0 Å². The second-order valence-electron chi connectivity index (χ2n) is 3.30. The van der Waals surface area contributed by atoms with Crippen molar-refractivity contribution in [2.45, 2.75) is 32.1 Å². The van der Waals surface area contributed by atoms with Crippen LogP contribution in [0.15, 0.2) is 24.8 Å². The molecule has 0 aromatic carbocycles. The van der Waals surface area contributed by atoms with Crippen LogP contribution in [0.5, 0.6) is 0 Å². The topological polar surface area (TPSA) is 17.1 Å². The third-order valence-electron chi connectivity index (χ3n) is 2.33. The van der Waals surface area contributed by atoms with Crippen molar-refractivity contribution in [2.75, 3.05) is 0 Å². The Balaban J connectivity index is 2.27. The van der Waals surface area contributed by atoms with Crippen LogP contribution in [-0.2, 0) is 4.79 Å². The Morgan fingerprint density at radius 2 is 2.50 bits per heavy atom. The predicted molar refractivity (Wildman–Crippen MR) is 50.9 cm³/mol. The van der Waals surface area contributed by atoms with E-state index < -0.39 is 0 Å². The Bertz CT molecular complexity index is 191. The summed E-state index contributed by atoms with van der Waals surface area (Å²) in [7, 11) is 0. The summed E-state index contributed by atoms with van der Waals surface area (Å²) in [5.41, 5.74) is 0. The number of allylic oxidation sites excluding steroid dienone is 3. The molecule has 12 heavy (non-hydrogen) atoms. The van der Waals surface area contributed by atoms with Crippen LogP contribution >= 0.6 is 0 Å². The number of carbonyl (C=O) groups excluding carboxylic acids is 1. The van der Waals surface area contributed by atoms with Crippen molar-refractivity contribution in [1.29, 1.82) is 0 Å². The van der Waals surface area contributed by atoms with Gasteiger partial charge in [0.1, 0.15) is 0 Å². The Kier molecular flexibility index (Phi) is 3.78. The number of unbranched alkanes of at least 4 members (excludes halogenated alkanes) is 1. The summed E-state index contributed by atoms with van der Waals surface area (Å²) in [5, 5.41) is 0. The van der Waals surface area contributed by atoms with E-state index in [1.807, 2.05) is 12.2 Å². The van der Waals surface area contributed by atoms with E-state index in [1.54, 1.807) is 6.08 Å². The van der Waals surface area contributed by atoms with Gasteiger partial charge in [-0.15, -0.1) is 6.58 Å². The van der Waals surface area contributed by atoms with Crippen LogP contribution in [0.3, 0.4) is 0 Å². The molecular formula is C11H16O. The van der Waals surface area contributed by atoms with Crippen molar-refractivity contribution in [3.05, 3.63) is 24.8 Å².